The number of likely N-dealkylation sites (N-methyl/N-ethyl adjacent to an activating group) is 1. The van der Waals surface area contributed by atoms with E-state index in [1.807, 2.05) is 25.3 Å². The second-order valence-electron chi connectivity index (χ2n) is 8.68. The predicted octanol–water partition coefficient (Wildman–Crippen LogP) is 5.34. The van der Waals surface area contributed by atoms with Crippen LogP contribution in [0.2, 0.25) is 0 Å². The molecule has 2 aromatic rings. The minimum atomic E-state index is -0.441. The summed E-state index contributed by atoms with van der Waals surface area (Å²) in [6.45, 7) is 2.23. The zero-order chi connectivity index (χ0) is 25.0. The molecule has 36 heavy (non-hydrogen) atoms. The van der Waals surface area contributed by atoms with Gasteiger partial charge in [0, 0.05) is 52.3 Å². The van der Waals surface area contributed by atoms with Gasteiger partial charge in [-0.25, -0.2) is 4.79 Å². The number of hydrogen-bond acceptors (Lipinski definition) is 6. The molecular weight excluding hydrogens is 501 g/mol. The van der Waals surface area contributed by atoms with Crippen LogP contribution in [0.1, 0.15) is 41.3 Å². The molecule has 1 N–H and O–H groups in total. The zero-order valence-electron chi connectivity index (χ0n) is 20.7. The molecule has 0 saturated heterocycles. The van der Waals surface area contributed by atoms with Crippen molar-refractivity contribution in [3.05, 3.63) is 94.7 Å². The van der Waals surface area contributed by atoms with E-state index >= 15 is 0 Å². The number of benzene rings is 2. The molecular formula is C28H29CoN3O4. The van der Waals surface area contributed by atoms with Crippen LogP contribution in [0, 0.1) is 0 Å². The number of fused-ring (bicyclic) bond motifs is 1. The van der Waals surface area contributed by atoms with Crippen molar-refractivity contribution in [3.63, 3.8) is 0 Å². The predicted molar refractivity (Wildman–Crippen MR) is 139 cm³/mol. The van der Waals surface area contributed by atoms with Gasteiger partial charge in [-0.3, -0.25) is 0 Å². The van der Waals surface area contributed by atoms with Crippen molar-refractivity contribution in [1.29, 1.82) is 0 Å². The molecule has 1 atom stereocenters. The molecule has 1 aliphatic heterocycles. The van der Waals surface area contributed by atoms with E-state index in [0.29, 0.717) is 11.1 Å². The van der Waals surface area contributed by atoms with Crippen molar-refractivity contribution >= 4 is 23.8 Å². The fourth-order valence-corrected chi connectivity index (χ4v) is 4.67. The zero-order valence-corrected chi connectivity index (χ0v) is 21.7. The number of carbonyl (C=O) groups excluding carboxylic acids is 1. The maximum atomic E-state index is 11.6. The average molecular weight is 530 g/mol. The summed E-state index contributed by atoms with van der Waals surface area (Å²) >= 11 is 0. The molecule has 0 bridgehead atoms. The van der Waals surface area contributed by atoms with Crippen molar-refractivity contribution < 1.29 is 36.2 Å². The summed E-state index contributed by atoms with van der Waals surface area (Å²) in [7, 11) is 5.02. The molecule has 8 heteroatoms. The number of esters is 1. The van der Waals surface area contributed by atoms with Crippen LogP contribution >= 0.6 is 0 Å². The van der Waals surface area contributed by atoms with E-state index in [1.165, 1.54) is 18.2 Å². The summed E-state index contributed by atoms with van der Waals surface area (Å²) < 4.78 is 10.1. The van der Waals surface area contributed by atoms with Crippen molar-refractivity contribution in [2.45, 2.75) is 25.2 Å². The molecule has 0 saturated carbocycles. The molecule has 1 unspecified atom stereocenters. The standard InChI is InChI=1S/C28H29N3O4.Co/c1-28(18-19-7-5-6-8-19)23-14-13-22(34-3)17-24(23)31(2)25(28)15-16-29-30-26(32)20-9-11-21(12-10-20)27(33)35-4;/h5,7-17H,6,18H2,1-4H3,(H,30,32);/b25-15-,29-16+;. The van der Waals surface area contributed by atoms with Crippen LogP contribution in [-0.4, -0.2) is 44.5 Å². The summed E-state index contributed by atoms with van der Waals surface area (Å²) in [5.74, 6) is 0.122. The first-order valence-electron chi connectivity index (χ1n) is 11.3. The van der Waals surface area contributed by atoms with Gasteiger partial charge in [-0.15, -0.1) is 5.10 Å². The molecule has 0 fully saturated rings. The number of methoxy groups -OCH3 is 2. The van der Waals surface area contributed by atoms with E-state index in [0.717, 1.165) is 30.0 Å². The maximum absolute atomic E-state index is 11.6. The Morgan fingerprint density at radius 1 is 1.17 bits per heavy atom. The molecule has 7 nitrogen and oxygen atoms in total. The summed E-state index contributed by atoms with van der Waals surface area (Å²) in [5, 5.41) is 18.3. The van der Waals surface area contributed by atoms with Gasteiger partial charge in [-0.05, 0) is 61.7 Å². The fourth-order valence-electron chi connectivity index (χ4n) is 4.67. The largest absolute Gasteiger partial charge is 0.497 e. The average Bonchev–Trinajstić information content (AvgIpc) is 3.46. The van der Waals surface area contributed by atoms with E-state index < -0.39 is 5.97 Å². The molecule has 0 spiro atoms. The minimum Gasteiger partial charge on any atom is -0.497 e. The Kier molecular flexibility index (Phi) is 8.55. The SMILES string of the molecule is COC(=O)c1ccc(/C(O)=N/N=C/C=C2\N(C)c3cc(OC)ccc3C2(C)CC2=CCC=C2)cc1.[Co]. The van der Waals surface area contributed by atoms with Crippen LogP contribution < -0.4 is 9.64 Å². The van der Waals surface area contributed by atoms with Gasteiger partial charge in [0.25, 0.3) is 0 Å². The first-order chi connectivity index (χ1) is 16.9. The number of ether oxygens (including phenoxy) is 2. The first-order valence-corrected chi connectivity index (χ1v) is 11.3. The van der Waals surface area contributed by atoms with E-state index in [-0.39, 0.29) is 28.1 Å². The van der Waals surface area contributed by atoms with Crippen LogP contribution in [0.15, 0.2) is 88.2 Å². The molecule has 0 amide bonds. The maximum Gasteiger partial charge on any atom is 0.337 e. The number of rotatable bonds is 7. The summed E-state index contributed by atoms with van der Waals surface area (Å²) in [6, 6.07) is 12.5. The van der Waals surface area contributed by atoms with Crippen LogP contribution in [0.4, 0.5) is 5.69 Å². The molecule has 189 valence electrons. The number of aliphatic hydroxyl groups is 1. The number of hydrogen-bond donors (Lipinski definition) is 1. The smallest absolute Gasteiger partial charge is 0.337 e. The Bertz CT molecular complexity index is 1280. The Hall–Kier alpha value is -3.62. The monoisotopic (exact) mass is 530 g/mol. The van der Waals surface area contributed by atoms with Crippen LogP contribution in [0.25, 0.3) is 0 Å². The van der Waals surface area contributed by atoms with Crippen LogP contribution in [0.5, 0.6) is 5.75 Å². The molecule has 1 radical (unpaired) electrons. The summed E-state index contributed by atoms with van der Waals surface area (Å²) in [4.78, 5) is 13.7. The van der Waals surface area contributed by atoms with Crippen molar-refractivity contribution in [2.75, 3.05) is 26.2 Å². The molecule has 4 rings (SSSR count). The third-order valence-electron chi connectivity index (χ3n) is 6.51. The van der Waals surface area contributed by atoms with Crippen LogP contribution in [0.3, 0.4) is 0 Å². The van der Waals surface area contributed by atoms with Gasteiger partial charge in [0.15, 0.2) is 0 Å². The van der Waals surface area contributed by atoms with Crippen molar-refractivity contribution in [1.82, 2.24) is 0 Å². The van der Waals surface area contributed by atoms with Crippen LogP contribution in [-0.2, 0) is 26.9 Å². The molecule has 1 heterocycles. The third kappa shape index (κ3) is 5.29. The van der Waals surface area contributed by atoms with E-state index in [4.69, 9.17) is 4.74 Å². The number of nitrogens with zero attached hydrogens (tertiary/aromatic N) is 3. The van der Waals surface area contributed by atoms with E-state index in [2.05, 4.69) is 51.1 Å². The van der Waals surface area contributed by atoms with E-state index in [1.54, 1.807) is 37.6 Å². The molecule has 1 aliphatic carbocycles. The Balaban J connectivity index is 0.00000361. The number of allylic oxidation sites excluding steroid dienone is 6. The third-order valence-corrected chi connectivity index (χ3v) is 6.51. The van der Waals surface area contributed by atoms with Gasteiger partial charge in [0.05, 0.1) is 26.0 Å². The molecule has 2 aromatic carbocycles. The van der Waals surface area contributed by atoms with Crippen molar-refractivity contribution in [3.8, 4) is 5.75 Å². The summed E-state index contributed by atoms with van der Waals surface area (Å²) in [6.07, 6.45) is 12.0. The van der Waals surface area contributed by atoms with Gasteiger partial charge < -0.3 is 19.5 Å². The van der Waals surface area contributed by atoms with Crippen molar-refractivity contribution in [2.24, 2.45) is 10.2 Å². The molecule has 0 aromatic heterocycles. The fraction of sp³-hybridized carbons (Fsp3) is 0.250. The second kappa shape index (κ2) is 11.4. The van der Waals surface area contributed by atoms with Gasteiger partial charge in [-0.2, -0.15) is 5.10 Å². The quantitative estimate of drug-likeness (QED) is 0.226. The Labute approximate surface area is 221 Å². The van der Waals surface area contributed by atoms with Gasteiger partial charge in [-0.1, -0.05) is 29.9 Å². The normalized spacial score (nSPS) is 19.9. The minimum absolute atomic E-state index is 0. The van der Waals surface area contributed by atoms with Gasteiger partial charge in [0.2, 0.25) is 5.90 Å². The number of carbonyl (C=O) groups is 1. The first kappa shape index (κ1) is 27.0. The molecule has 2 aliphatic rings. The van der Waals surface area contributed by atoms with Gasteiger partial charge in [0.1, 0.15) is 5.75 Å². The second-order valence-corrected chi connectivity index (χ2v) is 8.68. The van der Waals surface area contributed by atoms with Gasteiger partial charge >= 0.3 is 5.97 Å². The number of anilines is 1. The topological polar surface area (TPSA) is 83.7 Å². The van der Waals surface area contributed by atoms with E-state index in [9.17, 15) is 9.90 Å². The Morgan fingerprint density at radius 2 is 1.89 bits per heavy atom. The Morgan fingerprint density at radius 3 is 2.53 bits per heavy atom. The number of aliphatic hydroxyl groups excluding tert-OH is 1. The summed E-state index contributed by atoms with van der Waals surface area (Å²) in [5.41, 5.74) is 5.26.